The van der Waals surface area contributed by atoms with E-state index in [0.717, 1.165) is 24.2 Å². The molecule has 2 aromatic rings. The monoisotopic (exact) mass is 317 g/mol. The van der Waals surface area contributed by atoms with Crippen LogP contribution in [0.2, 0.25) is 0 Å². The van der Waals surface area contributed by atoms with Gasteiger partial charge in [0.15, 0.2) is 0 Å². The van der Waals surface area contributed by atoms with Crippen molar-refractivity contribution in [3.8, 4) is 5.69 Å². The fraction of sp³-hybridized carbons (Fsp3) is 0.412. The molecular formula is C17H20FN3O2. The molecule has 1 aliphatic rings. The summed E-state index contributed by atoms with van der Waals surface area (Å²) in [6.07, 6.45) is 1.82. The molecule has 2 N–H and O–H groups in total. The second-order valence-electron chi connectivity index (χ2n) is 6.35. The molecule has 3 rings (SSSR count). The number of aromatic nitrogens is 2. The first kappa shape index (κ1) is 15.7. The number of amides is 1. The number of nitrogens with one attached hydrogen (secondary N) is 1. The molecule has 1 aromatic heterocycles. The molecule has 0 saturated heterocycles. The molecule has 1 heterocycles. The zero-order valence-electron chi connectivity index (χ0n) is 13.3. The fourth-order valence-electron chi connectivity index (χ4n) is 2.63. The maximum Gasteiger partial charge on any atom is 0.251 e. The number of aliphatic hydroxyl groups excluding tert-OH is 1. The maximum absolute atomic E-state index is 14.4. The van der Waals surface area contributed by atoms with Crippen LogP contribution in [0, 0.1) is 25.1 Å². The smallest absolute Gasteiger partial charge is 0.251 e. The Morgan fingerprint density at radius 3 is 2.65 bits per heavy atom. The number of rotatable bonds is 5. The van der Waals surface area contributed by atoms with Crippen LogP contribution in [0.1, 0.15) is 34.6 Å². The third-order valence-corrected chi connectivity index (χ3v) is 4.36. The van der Waals surface area contributed by atoms with Crippen LogP contribution in [0.25, 0.3) is 5.69 Å². The third-order valence-electron chi connectivity index (χ3n) is 4.36. The van der Waals surface area contributed by atoms with E-state index in [9.17, 15) is 14.3 Å². The van der Waals surface area contributed by atoms with Gasteiger partial charge in [0.2, 0.25) is 0 Å². The van der Waals surface area contributed by atoms with Gasteiger partial charge in [-0.05, 0) is 51.0 Å². The Hall–Kier alpha value is -2.21. The van der Waals surface area contributed by atoms with Gasteiger partial charge in [0.1, 0.15) is 11.5 Å². The number of hydrogen-bond donors (Lipinski definition) is 2. The maximum atomic E-state index is 14.4. The minimum Gasteiger partial charge on any atom is -0.396 e. The minimum atomic E-state index is -0.493. The molecule has 23 heavy (non-hydrogen) atoms. The second kappa shape index (κ2) is 5.77. The number of aryl methyl sites for hydroxylation is 2. The summed E-state index contributed by atoms with van der Waals surface area (Å²) in [5.74, 6) is -0.823. The molecule has 0 unspecified atom stereocenters. The van der Waals surface area contributed by atoms with Gasteiger partial charge in [0, 0.05) is 23.2 Å². The fourth-order valence-corrected chi connectivity index (χ4v) is 2.63. The lowest BCUT2D eigenvalue weighted by Crippen LogP contribution is -2.31. The van der Waals surface area contributed by atoms with E-state index in [1.807, 2.05) is 19.9 Å². The van der Waals surface area contributed by atoms with Gasteiger partial charge in [0.05, 0.1) is 12.3 Å². The lowest BCUT2D eigenvalue weighted by atomic mass is 10.1. The molecule has 1 aromatic carbocycles. The van der Waals surface area contributed by atoms with Crippen molar-refractivity contribution in [3.05, 3.63) is 47.0 Å². The van der Waals surface area contributed by atoms with E-state index in [0.29, 0.717) is 12.2 Å². The summed E-state index contributed by atoms with van der Waals surface area (Å²) in [5, 5.41) is 16.3. The molecule has 122 valence electrons. The molecule has 1 amide bonds. The van der Waals surface area contributed by atoms with Crippen LogP contribution in [0.5, 0.6) is 0 Å². The first-order valence-corrected chi connectivity index (χ1v) is 7.66. The molecule has 0 spiro atoms. The Bertz CT molecular complexity index is 750. The molecule has 0 radical (unpaired) electrons. The van der Waals surface area contributed by atoms with Crippen molar-refractivity contribution in [1.82, 2.24) is 15.1 Å². The molecule has 6 heteroatoms. The van der Waals surface area contributed by atoms with Crippen LogP contribution >= 0.6 is 0 Å². The van der Waals surface area contributed by atoms with Gasteiger partial charge in [0.25, 0.3) is 5.91 Å². The summed E-state index contributed by atoms with van der Waals surface area (Å²) in [7, 11) is 0. The zero-order valence-corrected chi connectivity index (χ0v) is 13.3. The van der Waals surface area contributed by atoms with Crippen molar-refractivity contribution in [2.24, 2.45) is 5.41 Å². The Kier molecular flexibility index (Phi) is 3.93. The number of carbonyl (C=O) groups excluding carboxylic acids is 1. The predicted octanol–water partition coefficient (Wildman–Crippen LogP) is 2.13. The predicted molar refractivity (Wildman–Crippen MR) is 84.1 cm³/mol. The Morgan fingerprint density at radius 1 is 1.39 bits per heavy atom. The van der Waals surface area contributed by atoms with Gasteiger partial charge >= 0.3 is 0 Å². The Balaban J connectivity index is 1.76. The Labute approximate surface area is 134 Å². The van der Waals surface area contributed by atoms with Gasteiger partial charge in [-0.25, -0.2) is 9.07 Å². The van der Waals surface area contributed by atoms with E-state index < -0.39 is 5.82 Å². The van der Waals surface area contributed by atoms with Crippen molar-refractivity contribution in [2.45, 2.75) is 26.7 Å². The summed E-state index contributed by atoms with van der Waals surface area (Å²) < 4.78 is 15.9. The molecule has 5 nitrogen and oxygen atoms in total. The van der Waals surface area contributed by atoms with Crippen LogP contribution in [-0.4, -0.2) is 33.9 Å². The number of carbonyl (C=O) groups is 1. The highest BCUT2D eigenvalue weighted by Crippen LogP contribution is 2.44. The number of hydrogen-bond acceptors (Lipinski definition) is 3. The van der Waals surface area contributed by atoms with Crippen molar-refractivity contribution in [1.29, 1.82) is 0 Å². The van der Waals surface area contributed by atoms with E-state index in [2.05, 4.69) is 10.4 Å². The summed E-state index contributed by atoms with van der Waals surface area (Å²) in [5.41, 5.74) is 2.06. The zero-order chi connectivity index (χ0) is 16.6. The van der Waals surface area contributed by atoms with Crippen molar-refractivity contribution in [2.75, 3.05) is 13.2 Å². The largest absolute Gasteiger partial charge is 0.396 e. The van der Waals surface area contributed by atoms with E-state index in [1.165, 1.54) is 10.7 Å². The molecule has 1 saturated carbocycles. The van der Waals surface area contributed by atoms with Crippen LogP contribution in [0.15, 0.2) is 24.3 Å². The van der Waals surface area contributed by atoms with Crippen molar-refractivity contribution >= 4 is 5.91 Å². The summed E-state index contributed by atoms with van der Waals surface area (Å²) in [6, 6.07) is 6.23. The highest BCUT2D eigenvalue weighted by Gasteiger charge is 2.42. The van der Waals surface area contributed by atoms with E-state index in [1.54, 1.807) is 12.1 Å². The third kappa shape index (κ3) is 3.12. The quantitative estimate of drug-likeness (QED) is 0.888. The average molecular weight is 317 g/mol. The molecule has 0 atom stereocenters. The number of aliphatic hydroxyl groups is 1. The Morgan fingerprint density at radius 2 is 2.13 bits per heavy atom. The first-order valence-electron chi connectivity index (χ1n) is 7.66. The van der Waals surface area contributed by atoms with E-state index in [4.69, 9.17) is 0 Å². The topological polar surface area (TPSA) is 67.2 Å². The van der Waals surface area contributed by atoms with Crippen LogP contribution in [-0.2, 0) is 0 Å². The summed E-state index contributed by atoms with van der Waals surface area (Å²) in [6.45, 7) is 4.18. The molecule has 0 bridgehead atoms. The number of benzene rings is 1. The highest BCUT2D eigenvalue weighted by molar-refractivity contribution is 5.94. The lowest BCUT2D eigenvalue weighted by molar-refractivity contribution is 0.0935. The van der Waals surface area contributed by atoms with E-state index >= 15 is 0 Å². The SMILES string of the molecule is Cc1cc(C)n(-c2ccc(C(=O)NCC3(CO)CC3)cc2F)n1. The van der Waals surface area contributed by atoms with Gasteiger partial charge in [-0.3, -0.25) is 4.79 Å². The van der Waals surface area contributed by atoms with Crippen LogP contribution < -0.4 is 5.32 Å². The standard InChI is InChI=1S/C17H20FN3O2/c1-11-7-12(2)21(20-11)15-4-3-13(8-14(15)18)16(23)19-9-17(10-22)5-6-17/h3-4,7-8,22H,5-6,9-10H2,1-2H3,(H,19,23). The number of halogens is 1. The second-order valence-corrected chi connectivity index (χ2v) is 6.35. The summed E-state index contributed by atoms with van der Waals surface area (Å²) >= 11 is 0. The normalized spacial score (nSPS) is 15.5. The highest BCUT2D eigenvalue weighted by atomic mass is 19.1. The average Bonchev–Trinajstić information content (AvgIpc) is 3.23. The minimum absolute atomic E-state index is 0.0680. The van der Waals surface area contributed by atoms with Crippen LogP contribution in [0.3, 0.4) is 0 Å². The van der Waals surface area contributed by atoms with Gasteiger partial charge in [-0.15, -0.1) is 0 Å². The number of nitrogens with zero attached hydrogens (tertiary/aromatic N) is 2. The summed E-state index contributed by atoms with van der Waals surface area (Å²) in [4.78, 5) is 12.1. The van der Waals surface area contributed by atoms with Crippen molar-refractivity contribution < 1.29 is 14.3 Å². The molecular weight excluding hydrogens is 297 g/mol. The first-order chi connectivity index (χ1) is 10.9. The molecule has 1 aliphatic carbocycles. The van der Waals surface area contributed by atoms with E-state index in [-0.39, 0.29) is 23.5 Å². The lowest BCUT2D eigenvalue weighted by Gasteiger charge is -2.13. The molecule has 0 aliphatic heterocycles. The molecule has 1 fully saturated rings. The van der Waals surface area contributed by atoms with Gasteiger partial charge in [-0.1, -0.05) is 0 Å². The van der Waals surface area contributed by atoms with Gasteiger partial charge < -0.3 is 10.4 Å². The van der Waals surface area contributed by atoms with Crippen LogP contribution in [0.4, 0.5) is 4.39 Å². The van der Waals surface area contributed by atoms with Crippen molar-refractivity contribution in [3.63, 3.8) is 0 Å². The van der Waals surface area contributed by atoms with Gasteiger partial charge in [-0.2, -0.15) is 5.10 Å².